The van der Waals surface area contributed by atoms with Gasteiger partial charge in [0.1, 0.15) is 11.3 Å². The van der Waals surface area contributed by atoms with Crippen molar-refractivity contribution in [2.45, 2.75) is 32.7 Å². The second-order valence-electron chi connectivity index (χ2n) is 8.60. The number of aryl methyl sites for hydroxylation is 1. The average Bonchev–Trinajstić information content (AvgIpc) is 3.55. The molecular formula is C25H24ClN5O2. The number of fused-ring (bicyclic) bond motifs is 1. The Morgan fingerprint density at radius 1 is 1.18 bits per heavy atom. The fourth-order valence-electron chi connectivity index (χ4n) is 4.04. The van der Waals surface area contributed by atoms with Crippen LogP contribution in [0.25, 0.3) is 22.6 Å². The van der Waals surface area contributed by atoms with Gasteiger partial charge in [0, 0.05) is 17.1 Å². The number of aromatic carboxylic acids is 1. The maximum absolute atomic E-state index is 11.7. The molecule has 168 valence electrons. The van der Waals surface area contributed by atoms with Crippen molar-refractivity contribution in [1.82, 2.24) is 19.5 Å². The van der Waals surface area contributed by atoms with Crippen LogP contribution in [0.15, 0.2) is 48.5 Å². The third-order valence-corrected chi connectivity index (χ3v) is 6.26. The van der Waals surface area contributed by atoms with Crippen molar-refractivity contribution in [2.24, 2.45) is 5.92 Å². The second-order valence-corrected chi connectivity index (χ2v) is 9.04. The fraction of sp³-hybridized carbons (Fsp3) is 0.280. The zero-order valence-corrected chi connectivity index (χ0v) is 19.2. The van der Waals surface area contributed by atoms with Crippen LogP contribution in [0, 0.1) is 12.8 Å². The smallest absolute Gasteiger partial charge is 0.374 e. The van der Waals surface area contributed by atoms with Crippen molar-refractivity contribution >= 4 is 34.6 Å². The van der Waals surface area contributed by atoms with E-state index in [1.807, 2.05) is 49.4 Å². The monoisotopic (exact) mass is 461 g/mol. The van der Waals surface area contributed by atoms with Crippen LogP contribution in [0.5, 0.6) is 0 Å². The molecule has 7 nitrogen and oxygen atoms in total. The van der Waals surface area contributed by atoms with Gasteiger partial charge in [-0.1, -0.05) is 47.5 Å². The second kappa shape index (κ2) is 8.48. The molecule has 1 unspecified atom stereocenters. The fourth-order valence-corrected chi connectivity index (χ4v) is 4.17. The third-order valence-electron chi connectivity index (χ3n) is 6.01. The number of aromatic nitrogens is 4. The Morgan fingerprint density at radius 3 is 2.61 bits per heavy atom. The summed E-state index contributed by atoms with van der Waals surface area (Å²) in [5.74, 6) is 0.354. The molecule has 0 radical (unpaired) electrons. The van der Waals surface area contributed by atoms with Crippen LogP contribution in [0.2, 0.25) is 5.02 Å². The largest absolute Gasteiger partial charge is 0.475 e. The summed E-state index contributed by atoms with van der Waals surface area (Å²) >= 11 is 6.13. The van der Waals surface area contributed by atoms with Crippen LogP contribution in [-0.2, 0) is 0 Å². The van der Waals surface area contributed by atoms with Gasteiger partial charge in [0.2, 0.25) is 5.82 Å². The summed E-state index contributed by atoms with van der Waals surface area (Å²) in [6.45, 7) is 4.86. The average molecular weight is 462 g/mol. The molecule has 1 aliphatic carbocycles. The third kappa shape index (κ3) is 4.28. The molecule has 0 spiro atoms. The molecule has 0 amide bonds. The number of carbonyl (C=O) groups is 1. The van der Waals surface area contributed by atoms with Gasteiger partial charge in [0.25, 0.3) is 0 Å². The van der Waals surface area contributed by atoms with E-state index in [9.17, 15) is 9.90 Å². The van der Waals surface area contributed by atoms with E-state index in [1.165, 1.54) is 12.8 Å². The Labute approximate surface area is 196 Å². The maximum atomic E-state index is 11.7. The first-order valence-corrected chi connectivity index (χ1v) is 11.4. The van der Waals surface area contributed by atoms with Gasteiger partial charge in [-0.2, -0.15) is 0 Å². The lowest BCUT2D eigenvalue weighted by Gasteiger charge is -2.20. The molecule has 8 heteroatoms. The molecule has 2 N–H and O–H groups in total. The number of rotatable bonds is 7. The molecule has 33 heavy (non-hydrogen) atoms. The summed E-state index contributed by atoms with van der Waals surface area (Å²) in [5.41, 5.74) is 4.13. The van der Waals surface area contributed by atoms with Crippen LogP contribution >= 0.6 is 11.6 Å². The van der Waals surface area contributed by atoms with Crippen molar-refractivity contribution in [3.63, 3.8) is 0 Å². The van der Waals surface area contributed by atoms with E-state index in [4.69, 9.17) is 16.6 Å². The van der Waals surface area contributed by atoms with Crippen LogP contribution in [0.1, 0.15) is 47.6 Å². The minimum absolute atomic E-state index is 0.122. The van der Waals surface area contributed by atoms with E-state index >= 15 is 0 Å². The maximum Gasteiger partial charge on any atom is 0.374 e. The Bertz CT molecular complexity index is 1350. The molecule has 1 atom stereocenters. The first-order chi connectivity index (χ1) is 15.9. The molecule has 1 aliphatic rings. The zero-order valence-electron chi connectivity index (χ0n) is 18.4. The molecular weight excluding hydrogens is 438 g/mol. The van der Waals surface area contributed by atoms with Crippen LogP contribution < -0.4 is 5.32 Å². The van der Waals surface area contributed by atoms with Crippen LogP contribution in [-0.4, -0.2) is 37.1 Å². The van der Waals surface area contributed by atoms with E-state index in [0.29, 0.717) is 33.7 Å². The Morgan fingerprint density at radius 2 is 1.94 bits per heavy atom. The minimum Gasteiger partial charge on any atom is -0.475 e. The van der Waals surface area contributed by atoms with Gasteiger partial charge in [-0.15, -0.1) is 0 Å². The summed E-state index contributed by atoms with van der Waals surface area (Å²) in [6, 6.07) is 15.7. The van der Waals surface area contributed by atoms with Gasteiger partial charge in [0.05, 0.1) is 6.04 Å². The summed E-state index contributed by atoms with van der Waals surface area (Å²) in [7, 11) is 0. The molecule has 0 aliphatic heterocycles. The lowest BCUT2D eigenvalue weighted by Crippen LogP contribution is -2.14. The van der Waals surface area contributed by atoms with E-state index in [1.54, 1.807) is 0 Å². The van der Waals surface area contributed by atoms with Crippen LogP contribution in [0.3, 0.4) is 0 Å². The van der Waals surface area contributed by atoms with E-state index in [2.05, 4.69) is 32.8 Å². The molecule has 5 rings (SSSR count). The number of carboxylic acids is 1. The van der Waals surface area contributed by atoms with Crippen molar-refractivity contribution in [2.75, 3.05) is 11.9 Å². The van der Waals surface area contributed by atoms with Crippen molar-refractivity contribution < 1.29 is 9.90 Å². The summed E-state index contributed by atoms with van der Waals surface area (Å²) in [5, 5.41) is 13.6. The van der Waals surface area contributed by atoms with Crippen molar-refractivity contribution in [3.8, 4) is 11.4 Å². The molecule has 2 heterocycles. The molecule has 4 aromatic rings. The first-order valence-electron chi connectivity index (χ1n) is 11.0. The number of hydrogen-bond acceptors (Lipinski definition) is 5. The predicted molar refractivity (Wildman–Crippen MR) is 129 cm³/mol. The van der Waals surface area contributed by atoms with Gasteiger partial charge < -0.3 is 15.0 Å². The molecule has 2 aromatic heterocycles. The number of nitrogens with one attached hydrogen (secondary N) is 1. The number of nitrogens with zero attached hydrogens (tertiary/aromatic N) is 4. The van der Waals surface area contributed by atoms with Gasteiger partial charge in [-0.05, 0) is 56.4 Å². The number of benzene rings is 2. The molecule has 0 bridgehead atoms. The predicted octanol–water partition coefficient (Wildman–Crippen LogP) is 5.58. The quantitative estimate of drug-likeness (QED) is 0.373. The summed E-state index contributed by atoms with van der Waals surface area (Å²) in [6.07, 6.45) is 2.34. The number of halogens is 1. The molecule has 1 saturated carbocycles. The molecule has 0 saturated heterocycles. The Balaban J connectivity index is 1.76. The molecule has 1 fully saturated rings. The highest BCUT2D eigenvalue weighted by Gasteiger charge is 2.27. The zero-order chi connectivity index (χ0) is 23.1. The standard InChI is InChI=1S/C25H24ClN5O2/c1-14-4-3-5-18(12-14)24-30-22-20(31(24)15(2)17-8-10-19(26)11-9-17)21(27-13-16-6-7-16)28-23(29-22)25(32)33/h3-5,8-12,15-16H,6-7,13H2,1-2H3,(H,32,33)(H,27,28,29). The topological polar surface area (TPSA) is 92.9 Å². The van der Waals surface area contributed by atoms with Gasteiger partial charge in [-0.3, -0.25) is 0 Å². The highest BCUT2D eigenvalue weighted by molar-refractivity contribution is 6.30. The lowest BCUT2D eigenvalue weighted by atomic mass is 10.1. The normalized spacial score (nSPS) is 14.4. The number of imidazole rings is 1. The van der Waals surface area contributed by atoms with E-state index in [-0.39, 0.29) is 11.9 Å². The van der Waals surface area contributed by atoms with E-state index in [0.717, 1.165) is 23.2 Å². The highest BCUT2D eigenvalue weighted by Crippen LogP contribution is 2.35. The Kier molecular flexibility index (Phi) is 5.50. The van der Waals surface area contributed by atoms with Gasteiger partial charge in [-0.25, -0.2) is 19.7 Å². The van der Waals surface area contributed by atoms with Gasteiger partial charge in [0.15, 0.2) is 11.5 Å². The van der Waals surface area contributed by atoms with E-state index < -0.39 is 5.97 Å². The SMILES string of the molecule is Cc1cccc(-c2nc3nc(C(=O)O)nc(NCC4CC4)c3n2C(C)c2ccc(Cl)cc2)c1. The minimum atomic E-state index is -1.18. The number of carboxylic acid groups (broad SMARTS) is 1. The summed E-state index contributed by atoms with van der Waals surface area (Å²) in [4.78, 5) is 25.2. The van der Waals surface area contributed by atoms with Crippen molar-refractivity contribution in [3.05, 3.63) is 70.5 Å². The highest BCUT2D eigenvalue weighted by atomic mass is 35.5. The van der Waals surface area contributed by atoms with Crippen LogP contribution in [0.4, 0.5) is 5.82 Å². The molecule has 2 aromatic carbocycles. The van der Waals surface area contributed by atoms with Crippen molar-refractivity contribution in [1.29, 1.82) is 0 Å². The number of anilines is 1. The Hall–Kier alpha value is -3.45. The lowest BCUT2D eigenvalue weighted by molar-refractivity contribution is 0.0684. The summed E-state index contributed by atoms with van der Waals surface area (Å²) < 4.78 is 2.09. The van der Waals surface area contributed by atoms with Gasteiger partial charge >= 0.3 is 5.97 Å². The number of hydrogen-bond donors (Lipinski definition) is 2. The first kappa shape index (κ1) is 21.4.